The Hall–Kier alpha value is -2.20. The van der Waals surface area contributed by atoms with Gasteiger partial charge in [0.25, 0.3) is 0 Å². The van der Waals surface area contributed by atoms with E-state index in [0.717, 1.165) is 37.7 Å². The molecule has 0 saturated heterocycles. The van der Waals surface area contributed by atoms with Gasteiger partial charge in [0.05, 0.1) is 7.11 Å². The third-order valence-corrected chi connectivity index (χ3v) is 7.08. The van der Waals surface area contributed by atoms with Crippen LogP contribution in [0.3, 0.4) is 0 Å². The minimum atomic E-state index is -0.267. The molecule has 0 radical (unpaired) electrons. The highest BCUT2D eigenvalue weighted by atomic mass is 32.1. The van der Waals surface area contributed by atoms with Crippen LogP contribution in [0.2, 0.25) is 0 Å². The van der Waals surface area contributed by atoms with Crippen molar-refractivity contribution in [3.8, 4) is 0 Å². The van der Waals surface area contributed by atoms with Gasteiger partial charge in [0, 0.05) is 17.2 Å². The second kappa shape index (κ2) is 11.3. The van der Waals surface area contributed by atoms with Crippen molar-refractivity contribution in [2.45, 2.75) is 64.2 Å². The van der Waals surface area contributed by atoms with Gasteiger partial charge in [-0.1, -0.05) is 56.2 Å². The highest BCUT2D eigenvalue weighted by molar-refractivity contribution is 7.13. The van der Waals surface area contributed by atoms with Crippen molar-refractivity contribution in [1.29, 1.82) is 0 Å². The summed E-state index contributed by atoms with van der Waals surface area (Å²) < 4.78 is 4.78. The Morgan fingerprint density at radius 3 is 2.70 bits per heavy atom. The van der Waals surface area contributed by atoms with Gasteiger partial charge in [-0.25, -0.2) is 4.79 Å². The Bertz CT molecular complexity index is 863. The smallest absolute Gasteiger partial charge is 0.348 e. The van der Waals surface area contributed by atoms with Gasteiger partial charge in [-0.05, 0) is 61.3 Å². The zero-order valence-electron chi connectivity index (χ0n) is 18.1. The molecule has 1 aliphatic rings. The first-order chi connectivity index (χ1) is 14.6. The first-order valence-electron chi connectivity index (χ1n) is 11.1. The van der Waals surface area contributed by atoms with Crippen molar-refractivity contribution in [3.63, 3.8) is 0 Å². The zero-order valence-corrected chi connectivity index (χ0v) is 18.9. The predicted molar refractivity (Wildman–Crippen MR) is 124 cm³/mol. The quantitative estimate of drug-likeness (QED) is 0.310. The summed E-state index contributed by atoms with van der Waals surface area (Å²) in [7, 11) is 1.41. The largest absolute Gasteiger partial charge is 0.465 e. The van der Waals surface area contributed by atoms with Crippen molar-refractivity contribution < 1.29 is 14.3 Å². The number of hydrogen-bond donors (Lipinski definition) is 0. The van der Waals surface area contributed by atoms with Crippen molar-refractivity contribution in [2.24, 2.45) is 5.92 Å². The highest BCUT2D eigenvalue weighted by Gasteiger charge is 2.35. The molecule has 1 heterocycles. The van der Waals surface area contributed by atoms with E-state index in [1.807, 2.05) is 12.1 Å². The molecule has 3 rings (SSSR count). The molecular weight excluding hydrogens is 392 g/mol. The molecule has 1 saturated carbocycles. The molecule has 30 heavy (non-hydrogen) atoms. The van der Waals surface area contributed by atoms with Crippen LogP contribution in [-0.4, -0.2) is 18.9 Å². The lowest BCUT2D eigenvalue weighted by atomic mass is 9.85. The Morgan fingerprint density at radius 2 is 1.97 bits per heavy atom. The molecule has 0 N–H and O–H groups in total. The molecule has 2 atom stereocenters. The van der Waals surface area contributed by atoms with Crippen molar-refractivity contribution in [1.82, 2.24) is 0 Å². The van der Waals surface area contributed by atoms with E-state index in [0.29, 0.717) is 23.0 Å². The number of benzene rings is 1. The number of ketones is 1. The Morgan fingerprint density at radius 1 is 1.17 bits per heavy atom. The third-order valence-electron chi connectivity index (χ3n) is 5.96. The van der Waals surface area contributed by atoms with Gasteiger partial charge in [0.15, 0.2) is 0 Å². The summed E-state index contributed by atoms with van der Waals surface area (Å²) in [4.78, 5) is 26.1. The number of unbranched alkanes of at least 4 members (excludes halogenated alkanes) is 2. The van der Waals surface area contributed by atoms with Crippen molar-refractivity contribution in [2.75, 3.05) is 7.11 Å². The summed E-state index contributed by atoms with van der Waals surface area (Å²) in [5.74, 6) is 0.576. The Labute approximate surface area is 184 Å². The molecule has 0 aliphatic heterocycles. The summed E-state index contributed by atoms with van der Waals surface area (Å²) in [6.45, 7) is 2.21. The number of ether oxygens (including phenoxy) is 1. The number of esters is 1. The van der Waals surface area contributed by atoms with Crippen LogP contribution in [0.5, 0.6) is 0 Å². The number of thiophene rings is 1. The van der Waals surface area contributed by atoms with E-state index < -0.39 is 0 Å². The van der Waals surface area contributed by atoms with E-state index in [2.05, 4.69) is 43.3 Å². The first-order valence-corrected chi connectivity index (χ1v) is 11.9. The Balaban J connectivity index is 1.55. The van der Waals surface area contributed by atoms with Crippen LogP contribution in [0.15, 0.2) is 42.5 Å². The van der Waals surface area contributed by atoms with Crippen molar-refractivity contribution >= 4 is 29.2 Å². The first kappa shape index (κ1) is 22.5. The topological polar surface area (TPSA) is 43.4 Å². The van der Waals surface area contributed by atoms with E-state index in [1.54, 1.807) is 0 Å². The molecular formula is C26H32O3S. The number of allylic oxidation sites excluding steroid dienone is 1. The molecule has 4 heteroatoms. The second-order valence-electron chi connectivity index (χ2n) is 8.10. The maximum absolute atomic E-state index is 12.6. The molecule has 0 unspecified atom stereocenters. The van der Waals surface area contributed by atoms with Crippen LogP contribution in [0.1, 0.15) is 83.5 Å². The van der Waals surface area contributed by atoms with Gasteiger partial charge in [-0.3, -0.25) is 4.79 Å². The maximum Gasteiger partial charge on any atom is 0.348 e. The summed E-state index contributed by atoms with van der Waals surface area (Å²) in [5, 5.41) is 0. The summed E-state index contributed by atoms with van der Waals surface area (Å²) in [6, 6.07) is 12.4. The van der Waals surface area contributed by atoms with E-state index in [1.165, 1.54) is 41.7 Å². The molecule has 160 valence electrons. The number of aryl methyl sites for hydroxylation is 1. The normalized spacial score (nSPS) is 18.9. The van der Waals surface area contributed by atoms with Crippen molar-refractivity contribution in [3.05, 3.63) is 63.4 Å². The van der Waals surface area contributed by atoms with Crippen LogP contribution >= 0.6 is 11.3 Å². The fraction of sp³-hybridized carbons (Fsp3) is 0.462. The molecule has 2 aromatic rings. The van der Waals surface area contributed by atoms with Gasteiger partial charge in [-0.15, -0.1) is 11.3 Å². The number of methoxy groups -OCH3 is 1. The number of Topliss-reactive ketones (excluding diaryl/α,β-unsaturated/α-hetero) is 1. The standard InChI is InChI=1S/C26H32O3S/c1-3-4-5-6-8-19-11-13-21(14-12-19)25-20(15-17-23(25)27)9-7-10-22-16-18-24(30-22)26(28)29-2/h6,8,11-14,16,18,20,25H,3-5,7,9-10,15,17H2,1-2H3/b8-6+/t20-,25-/m0/s1. The zero-order chi connectivity index (χ0) is 21.3. The fourth-order valence-corrected chi connectivity index (χ4v) is 5.27. The second-order valence-corrected chi connectivity index (χ2v) is 9.27. The summed E-state index contributed by atoms with van der Waals surface area (Å²) >= 11 is 1.51. The van der Waals surface area contributed by atoms with Gasteiger partial charge in [-0.2, -0.15) is 0 Å². The van der Waals surface area contributed by atoms with E-state index in [-0.39, 0.29) is 11.9 Å². The number of rotatable bonds is 10. The highest BCUT2D eigenvalue weighted by Crippen LogP contribution is 2.40. The third kappa shape index (κ3) is 5.91. The molecule has 0 amide bonds. The lowest BCUT2D eigenvalue weighted by molar-refractivity contribution is -0.119. The average molecular weight is 425 g/mol. The van der Waals surface area contributed by atoms with Crippen LogP contribution in [0.4, 0.5) is 0 Å². The van der Waals surface area contributed by atoms with Gasteiger partial charge in [0.1, 0.15) is 10.7 Å². The van der Waals surface area contributed by atoms with Gasteiger partial charge >= 0.3 is 5.97 Å². The lowest BCUT2D eigenvalue weighted by Gasteiger charge is -2.19. The molecule has 1 aliphatic carbocycles. The molecule has 0 spiro atoms. The molecule has 1 fully saturated rings. The monoisotopic (exact) mass is 424 g/mol. The molecule has 0 bridgehead atoms. The van der Waals surface area contributed by atoms with Crippen LogP contribution in [0.25, 0.3) is 6.08 Å². The van der Waals surface area contributed by atoms with E-state index in [4.69, 9.17) is 4.74 Å². The molecule has 1 aromatic carbocycles. The Kier molecular flexibility index (Phi) is 8.44. The minimum Gasteiger partial charge on any atom is -0.465 e. The minimum absolute atomic E-state index is 0.0390. The van der Waals surface area contributed by atoms with Crippen LogP contribution in [-0.2, 0) is 16.0 Å². The number of carbonyl (C=O) groups is 2. The van der Waals surface area contributed by atoms with E-state index >= 15 is 0 Å². The number of hydrogen-bond acceptors (Lipinski definition) is 4. The number of carbonyl (C=O) groups excluding carboxylic acids is 2. The average Bonchev–Trinajstić information content (AvgIpc) is 3.38. The summed E-state index contributed by atoms with van der Waals surface area (Å²) in [6.07, 6.45) is 12.7. The van der Waals surface area contributed by atoms with E-state index in [9.17, 15) is 9.59 Å². The SMILES string of the molecule is CCCC/C=C/c1ccc([C@H]2C(=O)CC[C@@H]2CCCc2ccc(C(=O)OC)s2)cc1. The van der Waals surface area contributed by atoms with Crippen LogP contribution in [0, 0.1) is 5.92 Å². The lowest BCUT2D eigenvalue weighted by Crippen LogP contribution is -2.13. The van der Waals surface area contributed by atoms with Gasteiger partial charge in [0.2, 0.25) is 0 Å². The maximum atomic E-state index is 12.6. The van der Waals surface area contributed by atoms with Crippen LogP contribution < -0.4 is 0 Å². The molecule has 1 aromatic heterocycles. The molecule has 3 nitrogen and oxygen atoms in total. The predicted octanol–water partition coefficient (Wildman–Crippen LogP) is 6.82. The fourth-order valence-electron chi connectivity index (χ4n) is 4.30. The van der Waals surface area contributed by atoms with Gasteiger partial charge < -0.3 is 4.74 Å². The summed E-state index contributed by atoms with van der Waals surface area (Å²) in [5.41, 5.74) is 2.37.